The Morgan fingerprint density at radius 1 is 1.27 bits per heavy atom. The molecule has 80 valence electrons. The Hall–Kier alpha value is -1.33. The average molecular weight is 202 g/mol. The molecular weight excluding hydrogens is 184 g/mol. The van der Waals surface area contributed by atoms with Crippen molar-refractivity contribution in [3.8, 4) is 6.07 Å². The number of nitrogens with one attached hydrogen (secondary N) is 1. The highest BCUT2D eigenvalue weighted by molar-refractivity contribution is 5.27. The molecule has 0 heterocycles. The largest absolute Gasteiger partial charge is 0.298 e. The van der Waals surface area contributed by atoms with Crippen LogP contribution in [0.2, 0.25) is 0 Å². The molecule has 1 atom stereocenters. The maximum atomic E-state index is 8.82. The number of benzene rings is 1. The van der Waals surface area contributed by atoms with Crippen LogP contribution in [-0.2, 0) is 13.0 Å². The van der Waals surface area contributed by atoms with E-state index in [-0.39, 0.29) is 6.04 Å². The van der Waals surface area contributed by atoms with Gasteiger partial charge in [0.2, 0.25) is 0 Å². The van der Waals surface area contributed by atoms with Crippen LogP contribution in [0.3, 0.4) is 0 Å². The van der Waals surface area contributed by atoms with Crippen LogP contribution >= 0.6 is 0 Å². The Kier molecular flexibility index (Phi) is 4.86. The molecule has 0 spiro atoms. The predicted molar refractivity (Wildman–Crippen MR) is 62.4 cm³/mol. The van der Waals surface area contributed by atoms with Gasteiger partial charge in [0.15, 0.2) is 0 Å². The summed E-state index contributed by atoms with van der Waals surface area (Å²) in [6.45, 7) is 4.96. The summed E-state index contributed by atoms with van der Waals surface area (Å²) in [4.78, 5) is 0. The smallest absolute Gasteiger partial charge is 0.0952 e. The lowest BCUT2D eigenvalue weighted by Crippen LogP contribution is -2.26. The van der Waals surface area contributed by atoms with Crippen molar-refractivity contribution in [3.63, 3.8) is 0 Å². The van der Waals surface area contributed by atoms with Crippen molar-refractivity contribution in [3.05, 3.63) is 35.4 Å². The summed E-state index contributed by atoms with van der Waals surface area (Å²) < 4.78 is 0. The molecule has 0 saturated carbocycles. The zero-order valence-corrected chi connectivity index (χ0v) is 9.46. The number of hydrogen-bond acceptors (Lipinski definition) is 2. The minimum absolute atomic E-state index is 0.0325. The third-order valence-electron chi connectivity index (χ3n) is 2.60. The van der Waals surface area contributed by atoms with Gasteiger partial charge in [0, 0.05) is 6.54 Å². The molecule has 0 aliphatic heterocycles. The van der Waals surface area contributed by atoms with Gasteiger partial charge < -0.3 is 0 Å². The van der Waals surface area contributed by atoms with Crippen LogP contribution in [0.4, 0.5) is 0 Å². The number of nitriles is 1. The summed E-state index contributed by atoms with van der Waals surface area (Å²) in [5.41, 5.74) is 2.66. The number of nitrogens with zero attached hydrogens (tertiary/aromatic N) is 1. The van der Waals surface area contributed by atoms with Crippen molar-refractivity contribution in [1.29, 1.82) is 5.26 Å². The van der Waals surface area contributed by atoms with E-state index in [9.17, 15) is 0 Å². The molecule has 15 heavy (non-hydrogen) atoms. The SMILES string of the molecule is CCc1ccccc1CNC(C#N)CC. The van der Waals surface area contributed by atoms with Gasteiger partial charge in [-0.25, -0.2) is 0 Å². The zero-order valence-electron chi connectivity index (χ0n) is 9.46. The minimum Gasteiger partial charge on any atom is -0.298 e. The van der Waals surface area contributed by atoms with Crippen LogP contribution in [0.15, 0.2) is 24.3 Å². The van der Waals surface area contributed by atoms with Crippen molar-refractivity contribution < 1.29 is 0 Å². The third-order valence-corrected chi connectivity index (χ3v) is 2.60. The molecule has 0 aliphatic carbocycles. The monoisotopic (exact) mass is 202 g/mol. The van der Waals surface area contributed by atoms with Crippen LogP contribution in [0.5, 0.6) is 0 Å². The molecule has 0 aromatic heterocycles. The van der Waals surface area contributed by atoms with Gasteiger partial charge in [-0.1, -0.05) is 38.1 Å². The maximum absolute atomic E-state index is 8.82. The zero-order chi connectivity index (χ0) is 11.1. The molecule has 1 aromatic rings. The minimum atomic E-state index is -0.0325. The second-order valence-corrected chi connectivity index (χ2v) is 3.59. The van der Waals surface area contributed by atoms with Gasteiger partial charge in [0.1, 0.15) is 0 Å². The van der Waals surface area contributed by atoms with E-state index in [1.165, 1.54) is 11.1 Å². The van der Waals surface area contributed by atoms with E-state index < -0.39 is 0 Å². The molecule has 2 heteroatoms. The van der Waals surface area contributed by atoms with Crippen molar-refractivity contribution in [2.45, 2.75) is 39.3 Å². The van der Waals surface area contributed by atoms with Gasteiger partial charge in [0.05, 0.1) is 12.1 Å². The molecule has 1 unspecified atom stereocenters. The van der Waals surface area contributed by atoms with Crippen molar-refractivity contribution in [1.82, 2.24) is 5.32 Å². The highest BCUT2D eigenvalue weighted by Crippen LogP contribution is 2.09. The van der Waals surface area contributed by atoms with Gasteiger partial charge in [-0.15, -0.1) is 0 Å². The van der Waals surface area contributed by atoms with Gasteiger partial charge in [0.25, 0.3) is 0 Å². The summed E-state index contributed by atoms with van der Waals surface area (Å²) in [6.07, 6.45) is 1.89. The van der Waals surface area contributed by atoms with E-state index in [2.05, 4.69) is 36.5 Å². The normalized spacial score (nSPS) is 12.1. The molecule has 1 N–H and O–H groups in total. The lowest BCUT2D eigenvalue weighted by Gasteiger charge is -2.11. The maximum Gasteiger partial charge on any atom is 0.0952 e. The van der Waals surface area contributed by atoms with E-state index in [0.717, 1.165) is 19.4 Å². The first-order valence-corrected chi connectivity index (χ1v) is 5.51. The first-order chi connectivity index (χ1) is 7.31. The van der Waals surface area contributed by atoms with E-state index in [1.807, 2.05) is 13.0 Å². The molecule has 0 bridgehead atoms. The lowest BCUT2D eigenvalue weighted by molar-refractivity contribution is 0.585. The highest BCUT2D eigenvalue weighted by Gasteiger charge is 2.04. The van der Waals surface area contributed by atoms with Crippen LogP contribution < -0.4 is 5.32 Å². The molecule has 0 aliphatic rings. The number of hydrogen-bond donors (Lipinski definition) is 1. The predicted octanol–water partition coefficient (Wildman–Crippen LogP) is 2.64. The first kappa shape index (κ1) is 11.7. The number of aryl methyl sites for hydroxylation is 1. The van der Waals surface area contributed by atoms with Crippen molar-refractivity contribution in [2.24, 2.45) is 0 Å². The van der Waals surface area contributed by atoms with Gasteiger partial charge in [-0.05, 0) is 24.0 Å². The number of rotatable bonds is 5. The van der Waals surface area contributed by atoms with E-state index in [0.29, 0.717) is 0 Å². The average Bonchev–Trinajstić information content (AvgIpc) is 2.31. The highest BCUT2D eigenvalue weighted by atomic mass is 14.9. The topological polar surface area (TPSA) is 35.8 Å². The fraction of sp³-hybridized carbons (Fsp3) is 0.462. The Morgan fingerprint density at radius 2 is 1.93 bits per heavy atom. The first-order valence-electron chi connectivity index (χ1n) is 5.51. The van der Waals surface area contributed by atoms with Gasteiger partial charge >= 0.3 is 0 Å². The quantitative estimate of drug-likeness (QED) is 0.796. The molecule has 0 amide bonds. The van der Waals surface area contributed by atoms with Crippen LogP contribution in [0.25, 0.3) is 0 Å². The van der Waals surface area contributed by atoms with Gasteiger partial charge in [-0.3, -0.25) is 5.32 Å². The van der Waals surface area contributed by atoms with E-state index >= 15 is 0 Å². The van der Waals surface area contributed by atoms with E-state index in [1.54, 1.807) is 0 Å². The van der Waals surface area contributed by atoms with Crippen molar-refractivity contribution >= 4 is 0 Å². The molecule has 0 saturated heterocycles. The Balaban J connectivity index is 2.61. The lowest BCUT2D eigenvalue weighted by atomic mass is 10.1. The summed E-state index contributed by atoms with van der Waals surface area (Å²) >= 11 is 0. The van der Waals surface area contributed by atoms with Gasteiger partial charge in [-0.2, -0.15) is 5.26 Å². The second kappa shape index (κ2) is 6.21. The summed E-state index contributed by atoms with van der Waals surface area (Å²) in [6, 6.07) is 10.6. The Bertz CT molecular complexity index is 339. The molecule has 2 nitrogen and oxygen atoms in total. The van der Waals surface area contributed by atoms with E-state index in [4.69, 9.17) is 5.26 Å². The molecular formula is C13H18N2. The molecule has 1 rings (SSSR count). The summed E-state index contributed by atoms with van der Waals surface area (Å²) in [7, 11) is 0. The second-order valence-electron chi connectivity index (χ2n) is 3.59. The Labute approximate surface area is 91.9 Å². The van der Waals surface area contributed by atoms with Crippen LogP contribution in [0.1, 0.15) is 31.4 Å². The standard InChI is InChI=1S/C13H18N2/c1-3-11-7-5-6-8-12(11)10-15-13(4-2)9-14/h5-8,13,15H,3-4,10H2,1-2H3. The summed E-state index contributed by atoms with van der Waals surface area (Å²) in [5.74, 6) is 0. The molecule has 0 fully saturated rings. The molecule has 0 radical (unpaired) electrons. The van der Waals surface area contributed by atoms with Crippen LogP contribution in [-0.4, -0.2) is 6.04 Å². The fourth-order valence-electron chi connectivity index (χ4n) is 1.59. The molecule has 1 aromatic carbocycles. The van der Waals surface area contributed by atoms with Crippen molar-refractivity contribution in [2.75, 3.05) is 0 Å². The Morgan fingerprint density at radius 3 is 2.47 bits per heavy atom. The summed E-state index contributed by atoms with van der Waals surface area (Å²) in [5, 5.41) is 12.1. The van der Waals surface area contributed by atoms with Crippen LogP contribution in [0, 0.1) is 11.3 Å². The fourth-order valence-corrected chi connectivity index (χ4v) is 1.59. The third kappa shape index (κ3) is 3.38.